The summed E-state index contributed by atoms with van der Waals surface area (Å²) in [7, 11) is 1.63. The van der Waals surface area contributed by atoms with E-state index in [-0.39, 0.29) is 6.10 Å². The van der Waals surface area contributed by atoms with Gasteiger partial charge in [-0.15, -0.1) is 0 Å². The second-order valence-corrected chi connectivity index (χ2v) is 4.69. The molecule has 0 aliphatic heterocycles. The molecule has 0 saturated carbocycles. The molecule has 0 fully saturated rings. The van der Waals surface area contributed by atoms with Gasteiger partial charge in [-0.3, -0.25) is 0 Å². The fraction of sp³-hybridized carbons (Fsp3) is 0.231. The molecule has 4 nitrogen and oxygen atoms in total. The lowest BCUT2D eigenvalue weighted by molar-refractivity contribution is 0.129. The minimum absolute atomic E-state index is 0.305. The van der Waals surface area contributed by atoms with Gasteiger partial charge < -0.3 is 10.5 Å². The molecule has 1 aromatic heterocycles. The number of aromatic nitrogens is 2. The molecule has 5 heteroatoms. The second kappa shape index (κ2) is 5.46. The number of anilines is 1. The maximum absolute atomic E-state index is 5.84. The molecule has 0 amide bonds. The minimum atomic E-state index is -0.305. The van der Waals surface area contributed by atoms with Crippen LogP contribution in [0.5, 0.6) is 0 Å². The van der Waals surface area contributed by atoms with Crippen LogP contribution in [0.25, 0.3) is 0 Å². The molecule has 0 aliphatic carbocycles. The molecule has 94 valence electrons. The highest BCUT2D eigenvalue weighted by molar-refractivity contribution is 9.10. The van der Waals surface area contributed by atoms with Crippen molar-refractivity contribution >= 4 is 21.7 Å². The van der Waals surface area contributed by atoms with E-state index in [0.29, 0.717) is 11.6 Å². The van der Waals surface area contributed by atoms with Gasteiger partial charge in [-0.25, -0.2) is 9.97 Å². The van der Waals surface area contributed by atoms with Crippen LogP contribution in [-0.4, -0.2) is 17.1 Å². The second-order valence-electron chi connectivity index (χ2n) is 3.89. The van der Waals surface area contributed by atoms with E-state index in [0.717, 1.165) is 15.7 Å². The van der Waals surface area contributed by atoms with Gasteiger partial charge in [-0.05, 0) is 28.4 Å². The Hall–Kier alpha value is -1.46. The number of hydrogen-bond acceptors (Lipinski definition) is 4. The van der Waals surface area contributed by atoms with Crippen molar-refractivity contribution in [1.29, 1.82) is 0 Å². The van der Waals surface area contributed by atoms with Gasteiger partial charge in [0.15, 0.2) is 5.82 Å². The van der Waals surface area contributed by atoms with Crippen LogP contribution in [0.15, 0.2) is 34.8 Å². The first-order valence-electron chi connectivity index (χ1n) is 5.50. The van der Waals surface area contributed by atoms with Crippen molar-refractivity contribution in [3.63, 3.8) is 0 Å². The summed E-state index contributed by atoms with van der Waals surface area (Å²) >= 11 is 3.35. The summed E-state index contributed by atoms with van der Waals surface area (Å²) in [6, 6.07) is 9.82. The molecule has 0 spiro atoms. The van der Waals surface area contributed by atoms with Gasteiger partial charge in [-0.1, -0.05) is 30.3 Å². The predicted octanol–water partition coefficient (Wildman–Crippen LogP) is 2.87. The van der Waals surface area contributed by atoms with Crippen LogP contribution < -0.4 is 5.73 Å². The number of ether oxygens (including phenoxy) is 1. The van der Waals surface area contributed by atoms with Crippen LogP contribution in [0, 0.1) is 6.92 Å². The quantitative estimate of drug-likeness (QED) is 0.947. The molecule has 2 rings (SSSR count). The third-order valence-electron chi connectivity index (χ3n) is 2.63. The number of nitrogens with two attached hydrogens (primary N) is 1. The molecule has 1 atom stereocenters. The Bertz CT molecular complexity index is 522. The Kier molecular flexibility index (Phi) is 3.93. The first-order chi connectivity index (χ1) is 8.63. The first kappa shape index (κ1) is 13.0. The van der Waals surface area contributed by atoms with Crippen molar-refractivity contribution in [2.75, 3.05) is 12.8 Å². The smallest absolute Gasteiger partial charge is 0.164 e. The Balaban J connectivity index is 2.46. The van der Waals surface area contributed by atoms with Gasteiger partial charge in [0.1, 0.15) is 11.9 Å². The largest absolute Gasteiger partial charge is 0.383 e. The van der Waals surface area contributed by atoms with Crippen LogP contribution in [-0.2, 0) is 4.74 Å². The Labute approximate surface area is 114 Å². The van der Waals surface area contributed by atoms with E-state index < -0.39 is 0 Å². The Morgan fingerprint density at radius 2 is 1.89 bits per heavy atom. The maximum Gasteiger partial charge on any atom is 0.164 e. The Morgan fingerprint density at radius 3 is 2.44 bits per heavy atom. The van der Waals surface area contributed by atoms with Gasteiger partial charge >= 0.3 is 0 Å². The van der Waals surface area contributed by atoms with Crippen LogP contribution in [0.3, 0.4) is 0 Å². The number of benzene rings is 1. The third-order valence-corrected chi connectivity index (χ3v) is 3.61. The number of hydrogen-bond donors (Lipinski definition) is 1. The Morgan fingerprint density at radius 1 is 1.22 bits per heavy atom. The zero-order valence-electron chi connectivity index (χ0n) is 10.2. The van der Waals surface area contributed by atoms with Crippen LogP contribution >= 0.6 is 15.9 Å². The highest BCUT2D eigenvalue weighted by Crippen LogP contribution is 2.27. The molecule has 0 aliphatic rings. The molecule has 1 unspecified atom stereocenters. The molecule has 1 aromatic carbocycles. The standard InChI is InChI=1S/C13H14BrN3O/c1-8-10(14)12(15)17-13(16-8)11(18-2)9-6-4-3-5-7-9/h3-7,11H,1-2H3,(H2,15,16,17). The van der Waals surface area contributed by atoms with E-state index in [9.17, 15) is 0 Å². The van der Waals surface area contributed by atoms with Gasteiger partial charge in [-0.2, -0.15) is 0 Å². The van der Waals surface area contributed by atoms with E-state index in [2.05, 4.69) is 25.9 Å². The SMILES string of the molecule is COC(c1ccccc1)c1nc(C)c(Br)c(N)n1. The van der Waals surface area contributed by atoms with Gasteiger partial charge in [0.05, 0.1) is 10.2 Å². The molecule has 0 saturated heterocycles. The number of nitrogens with zero attached hydrogens (tertiary/aromatic N) is 2. The molecule has 2 aromatic rings. The van der Waals surface area contributed by atoms with E-state index in [1.54, 1.807) is 7.11 Å². The van der Waals surface area contributed by atoms with E-state index in [4.69, 9.17) is 10.5 Å². The molecule has 2 N–H and O–H groups in total. The van der Waals surface area contributed by atoms with Gasteiger partial charge in [0.2, 0.25) is 0 Å². The lowest BCUT2D eigenvalue weighted by Crippen LogP contribution is -2.11. The van der Waals surface area contributed by atoms with E-state index in [1.165, 1.54) is 0 Å². The lowest BCUT2D eigenvalue weighted by Gasteiger charge is -2.15. The fourth-order valence-corrected chi connectivity index (χ4v) is 1.92. The third kappa shape index (κ3) is 2.52. The molecule has 0 bridgehead atoms. The summed E-state index contributed by atoms with van der Waals surface area (Å²) in [5.74, 6) is 0.998. The van der Waals surface area contributed by atoms with Crippen LogP contribution in [0.1, 0.15) is 23.2 Å². The molecule has 0 radical (unpaired) electrons. The van der Waals surface area contributed by atoms with Gasteiger partial charge in [0.25, 0.3) is 0 Å². The van der Waals surface area contributed by atoms with Crippen molar-refractivity contribution in [2.24, 2.45) is 0 Å². The summed E-state index contributed by atoms with van der Waals surface area (Å²) in [6.07, 6.45) is -0.305. The van der Waals surface area contributed by atoms with Crippen molar-refractivity contribution in [1.82, 2.24) is 9.97 Å². The van der Waals surface area contributed by atoms with Crippen molar-refractivity contribution in [3.05, 3.63) is 51.9 Å². The zero-order valence-corrected chi connectivity index (χ0v) is 11.8. The monoisotopic (exact) mass is 307 g/mol. The molecule has 18 heavy (non-hydrogen) atoms. The fourth-order valence-electron chi connectivity index (χ4n) is 1.74. The van der Waals surface area contributed by atoms with Gasteiger partial charge in [0, 0.05) is 7.11 Å². The predicted molar refractivity (Wildman–Crippen MR) is 74.2 cm³/mol. The normalized spacial score (nSPS) is 12.4. The average molecular weight is 308 g/mol. The molecular weight excluding hydrogens is 294 g/mol. The van der Waals surface area contributed by atoms with Crippen molar-refractivity contribution in [2.45, 2.75) is 13.0 Å². The van der Waals surface area contributed by atoms with E-state index >= 15 is 0 Å². The summed E-state index contributed by atoms with van der Waals surface area (Å²) in [5, 5.41) is 0. The molecular formula is C13H14BrN3O. The summed E-state index contributed by atoms with van der Waals surface area (Å²) in [4.78, 5) is 8.69. The number of halogens is 1. The highest BCUT2D eigenvalue weighted by atomic mass is 79.9. The topological polar surface area (TPSA) is 61.0 Å². The average Bonchev–Trinajstić information content (AvgIpc) is 2.38. The van der Waals surface area contributed by atoms with E-state index in [1.807, 2.05) is 37.3 Å². The van der Waals surface area contributed by atoms with Crippen molar-refractivity contribution < 1.29 is 4.74 Å². The van der Waals surface area contributed by atoms with Crippen molar-refractivity contribution in [3.8, 4) is 0 Å². The summed E-state index contributed by atoms with van der Waals surface area (Å²) in [5.41, 5.74) is 7.64. The maximum atomic E-state index is 5.84. The number of rotatable bonds is 3. The lowest BCUT2D eigenvalue weighted by atomic mass is 10.1. The molecule has 1 heterocycles. The van der Waals surface area contributed by atoms with Crippen LogP contribution in [0.2, 0.25) is 0 Å². The highest BCUT2D eigenvalue weighted by Gasteiger charge is 2.18. The first-order valence-corrected chi connectivity index (χ1v) is 6.30. The summed E-state index contributed by atoms with van der Waals surface area (Å²) < 4.78 is 6.21. The number of methoxy groups -OCH3 is 1. The number of aryl methyl sites for hydroxylation is 1. The zero-order chi connectivity index (χ0) is 13.1. The number of nitrogen functional groups attached to an aromatic ring is 1. The van der Waals surface area contributed by atoms with Crippen LogP contribution in [0.4, 0.5) is 5.82 Å². The minimum Gasteiger partial charge on any atom is -0.383 e. The summed E-state index contributed by atoms with van der Waals surface area (Å²) in [6.45, 7) is 1.88.